The van der Waals surface area contributed by atoms with Gasteiger partial charge in [0.15, 0.2) is 0 Å². The van der Waals surface area contributed by atoms with E-state index >= 15 is 0 Å². The van der Waals surface area contributed by atoms with Crippen LogP contribution in [0.1, 0.15) is 25.7 Å². The number of rotatable bonds is 2. The molecular weight excluding hydrogens is 220 g/mol. The number of hydrogen-bond acceptors (Lipinski definition) is 3. The van der Waals surface area contributed by atoms with E-state index < -0.39 is 11.5 Å². The number of hydrogen-bond donors (Lipinski definition) is 2. The van der Waals surface area contributed by atoms with Crippen LogP contribution in [0.25, 0.3) is 0 Å². The second-order valence-corrected chi connectivity index (χ2v) is 5.73. The van der Waals surface area contributed by atoms with Crippen LogP contribution in [0, 0.1) is 10.8 Å². The molecule has 0 aromatic carbocycles. The molecule has 3 aliphatic rings. The lowest BCUT2D eigenvalue weighted by Crippen LogP contribution is -2.43. The van der Waals surface area contributed by atoms with E-state index in [-0.39, 0.29) is 17.2 Å². The number of aliphatic hydroxyl groups excluding tert-OH is 1. The molecule has 94 valence electrons. The summed E-state index contributed by atoms with van der Waals surface area (Å²) in [5.41, 5.74) is -0.844. The first-order valence-electron chi connectivity index (χ1n) is 6.24. The quantitative estimate of drug-likeness (QED) is 0.637. The molecule has 1 aliphatic heterocycles. The lowest BCUT2D eigenvalue weighted by atomic mass is 10.0. The van der Waals surface area contributed by atoms with Crippen LogP contribution >= 0.6 is 0 Å². The minimum absolute atomic E-state index is 0.0333. The van der Waals surface area contributed by atoms with E-state index in [0.717, 1.165) is 12.8 Å². The third kappa shape index (κ3) is 1.41. The van der Waals surface area contributed by atoms with Gasteiger partial charge in [0.25, 0.3) is 0 Å². The number of amides is 2. The zero-order valence-electron chi connectivity index (χ0n) is 10.0. The van der Waals surface area contributed by atoms with Crippen LogP contribution in [0.4, 0.5) is 0 Å². The molecule has 2 amide bonds. The SMILES string of the molecule is CNC(=O)C1(C(=O)N2CC(O)C3(CC3)C2)CC1. The zero-order valence-corrected chi connectivity index (χ0v) is 10.0. The fourth-order valence-electron chi connectivity index (χ4n) is 2.96. The van der Waals surface area contributed by atoms with Gasteiger partial charge in [-0.15, -0.1) is 0 Å². The van der Waals surface area contributed by atoms with E-state index in [0.29, 0.717) is 25.9 Å². The van der Waals surface area contributed by atoms with E-state index in [1.54, 1.807) is 11.9 Å². The maximum absolute atomic E-state index is 12.3. The molecule has 2 N–H and O–H groups in total. The first-order chi connectivity index (χ1) is 8.04. The van der Waals surface area contributed by atoms with Crippen LogP contribution in [0.2, 0.25) is 0 Å². The first-order valence-corrected chi connectivity index (χ1v) is 6.24. The standard InChI is InChI=1S/C12H18N2O3/c1-13-9(16)12(4-5-12)10(17)14-6-8(15)11(7-14)2-3-11/h8,15H,2-7H2,1H3,(H,13,16). The van der Waals surface area contributed by atoms with Gasteiger partial charge in [0.1, 0.15) is 5.41 Å². The highest BCUT2D eigenvalue weighted by Gasteiger charge is 2.62. The number of carbonyl (C=O) groups is 2. The molecule has 3 rings (SSSR count). The Morgan fingerprint density at radius 1 is 1.29 bits per heavy atom. The summed E-state index contributed by atoms with van der Waals surface area (Å²) >= 11 is 0. The summed E-state index contributed by atoms with van der Waals surface area (Å²) in [5, 5.41) is 12.5. The topological polar surface area (TPSA) is 69.6 Å². The number of likely N-dealkylation sites (tertiary alicyclic amines) is 1. The van der Waals surface area contributed by atoms with Gasteiger partial charge in [0.05, 0.1) is 6.10 Å². The molecular formula is C12H18N2O3. The van der Waals surface area contributed by atoms with Crippen LogP contribution < -0.4 is 5.32 Å². The molecule has 1 unspecified atom stereocenters. The van der Waals surface area contributed by atoms with Gasteiger partial charge in [-0.1, -0.05) is 0 Å². The molecule has 0 aromatic heterocycles. The highest BCUT2D eigenvalue weighted by Crippen LogP contribution is 2.55. The van der Waals surface area contributed by atoms with Crippen LogP contribution in [-0.4, -0.2) is 48.1 Å². The number of nitrogens with one attached hydrogen (secondary N) is 1. The van der Waals surface area contributed by atoms with Gasteiger partial charge in [-0.3, -0.25) is 9.59 Å². The summed E-state index contributed by atoms with van der Waals surface area (Å²) in [4.78, 5) is 25.8. The lowest BCUT2D eigenvalue weighted by molar-refractivity contribution is -0.143. The average molecular weight is 238 g/mol. The average Bonchev–Trinajstić information content (AvgIpc) is 3.19. The van der Waals surface area contributed by atoms with E-state index in [1.807, 2.05) is 0 Å². The molecule has 5 nitrogen and oxygen atoms in total. The van der Waals surface area contributed by atoms with Crippen molar-refractivity contribution in [3.63, 3.8) is 0 Å². The van der Waals surface area contributed by atoms with Crippen molar-refractivity contribution in [1.82, 2.24) is 10.2 Å². The summed E-state index contributed by atoms with van der Waals surface area (Å²) in [5.74, 6) is -0.256. The third-order valence-electron chi connectivity index (χ3n) is 4.61. The predicted octanol–water partition coefficient (Wildman–Crippen LogP) is -0.504. The Bertz CT molecular complexity index is 385. The van der Waals surface area contributed by atoms with Crippen LogP contribution in [0.3, 0.4) is 0 Å². The molecule has 0 radical (unpaired) electrons. The normalized spacial score (nSPS) is 31.4. The fourth-order valence-corrected chi connectivity index (χ4v) is 2.96. The van der Waals surface area contributed by atoms with E-state index in [1.165, 1.54) is 0 Å². The summed E-state index contributed by atoms with van der Waals surface area (Å²) in [6.45, 7) is 1.03. The van der Waals surface area contributed by atoms with Gasteiger partial charge in [-0.2, -0.15) is 0 Å². The van der Waals surface area contributed by atoms with Gasteiger partial charge < -0.3 is 15.3 Å². The second kappa shape index (κ2) is 3.22. The maximum Gasteiger partial charge on any atom is 0.238 e. The van der Waals surface area contributed by atoms with E-state index in [9.17, 15) is 14.7 Å². The molecule has 2 saturated carbocycles. The molecule has 3 fully saturated rings. The van der Waals surface area contributed by atoms with Gasteiger partial charge in [0, 0.05) is 25.6 Å². The molecule has 5 heteroatoms. The maximum atomic E-state index is 12.3. The van der Waals surface area contributed by atoms with Crippen molar-refractivity contribution in [3.8, 4) is 0 Å². The lowest BCUT2D eigenvalue weighted by Gasteiger charge is -2.21. The molecule has 0 aromatic rings. The molecule has 1 atom stereocenters. The van der Waals surface area contributed by atoms with Crippen molar-refractivity contribution in [3.05, 3.63) is 0 Å². The highest BCUT2D eigenvalue weighted by atomic mass is 16.3. The van der Waals surface area contributed by atoms with E-state index in [2.05, 4.69) is 5.32 Å². The van der Waals surface area contributed by atoms with Crippen molar-refractivity contribution >= 4 is 11.8 Å². The second-order valence-electron chi connectivity index (χ2n) is 5.73. The van der Waals surface area contributed by atoms with E-state index in [4.69, 9.17) is 0 Å². The predicted molar refractivity (Wildman–Crippen MR) is 60.0 cm³/mol. The van der Waals surface area contributed by atoms with Gasteiger partial charge >= 0.3 is 0 Å². The summed E-state index contributed by atoms with van der Waals surface area (Å²) < 4.78 is 0. The molecule has 1 saturated heterocycles. The summed E-state index contributed by atoms with van der Waals surface area (Å²) in [7, 11) is 1.57. The van der Waals surface area contributed by atoms with Crippen molar-refractivity contribution in [2.24, 2.45) is 10.8 Å². The van der Waals surface area contributed by atoms with Crippen molar-refractivity contribution < 1.29 is 14.7 Å². The minimum Gasteiger partial charge on any atom is -0.391 e. The number of nitrogens with zero attached hydrogens (tertiary/aromatic N) is 1. The summed E-state index contributed by atoms with van der Waals surface area (Å²) in [6, 6.07) is 0. The van der Waals surface area contributed by atoms with Crippen molar-refractivity contribution in [1.29, 1.82) is 0 Å². The molecule has 1 spiro atoms. The Balaban J connectivity index is 1.74. The van der Waals surface area contributed by atoms with Crippen LogP contribution in [-0.2, 0) is 9.59 Å². The van der Waals surface area contributed by atoms with Crippen LogP contribution in [0.15, 0.2) is 0 Å². The Labute approximate surface area is 100 Å². The highest BCUT2D eigenvalue weighted by molar-refractivity contribution is 6.07. The van der Waals surface area contributed by atoms with Gasteiger partial charge in [-0.05, 0) is 25.7 Å². The fraction of sp³-hybridized carbons (Fsp3) is 0.833. The van der Waals surface area contributed by atoms with Crippen molar-refractivity contribution in [2.45, 2.75) is 31.8 Å². The largest absolute Gasteiger partial charge is 0.391 e. The van der Waals surface area contributed by atoms with Crippen molar-refractivity contribution in [2.75, 3.05) is 20.1 Å². The Hall–Kier alpha value is -1.10. The first kappa shape index (κ1) is 11.0. The molecule has 2 aliphatic carbocycles. The molecule has 17 heavy (non-hydrogen) atoms. The Morgan fingerprint density at radius 3 is 2.35 bits per heavy atom. The van der Waals surface area contributed by atoms with Gasteiger partial charge in [-0.25, -0.2) is 0 Å². The zero-order chi connectivity index (χ0) is 12.3. The van der Waals surface area contributed by atoms with Gasteiger partial charge in [0.2, 0.25) is 11.8 Å². The minimum atomic E-state index is -0.811. The smallest absolute Gasteiger partial charge is 0.238 e. The number of aliphatic hydroxyl groups is 1. The summed E-state index contributed by atoms with van der Waals surface area (Å²) in [6.07, 6.45) is 2.90. The number of carbonyl (C=O) groups excluding carboxylic acids is 2. The third-order valence-corrected chi connectivity index (χ3v) is 4.61. The van der Waals surface area contributed by atoms with Crippen LogP contribution in [0.5, 0.6) is 0 Å². The Kier molecular flexibility index (Phi) is 2.09. The Morgan fingerprint density at radius 2 is 1.94 bits per heavy atom. The monoisotopic (exact) mass is 238 g/mol. The molecule has 1 heterocycles. The number of β-amino-alcohol motifs (C(OH)–C–C–N with tert-alkyl or cyclic N) is 1. The molecule has 0 bridgehead atoms.